The zero-order chi connectivity index (χ0) is 12.3. The highest BCUT2D eigenvalue weighted by Crippen LogP contribution is 2.19. The van der Waals surface area contributed by atoms with Crippen LogP contribution in [0.3, 0.4) is 0 Å². The topological polar surface area (TPSA) is 41.1 Å². The molecular formula is C12H14ClIN2O. The molecule has 0 aromatic heterocycles. The third kappa shape index (κ3) is 3.56. The Kier molecular flexibility index (Phi) is 4.64. The molecule has 0 radical (unpaired) electrons. The van der Waals surface area contributed by atoms with Gasteiger partial charge in [-0.15, -0.1) is 0 Å². The van der Waals surface area contributed by atoms with Crippen molar-refractivity contribution in [3.63, 3.8) is 0 Å². The Hall–Kier alpha value is -0.330. The van der Waals surface area contributed by atoms with Gasteiger partial charge in [-0.3, -0.25) is 4.79 Å². The molecule has 1 fully saturated rings. The molecule has 1 aromatic rings. The Morgan fingerprint density at radius 1 is 1.41 bits per heavy atom. The zero-order valence-corrected chi connectivity index (χ0v) is 12.2. The van der Waals surface area contributed by atoms with Crippen molar-refractivity contribution in [3.05, 3.63) is 32.4 Å². The predicted molar refractivity (Wildman–Crippen MR) is 77.5 cm³/mol. The number of rotatable bonds is 2. The van der Waals surface area contributed by atoms with Crippen LogP contribution in [0.25, 0.3) is 0 Å². The summed E-state index contributed by atoms with van der Waals surface area (Å²) in [4.78, 5) is 12.0. The van der Waals surface area contributed by atoms with Gasteiger partial charge in [0.25, 0.3) is 5.91 Å². The maximum atomic E-state index is 12.0. The predicted octanol–water partition coefficient (Wildman–Crippen LogP) is 2.43. The molecule has 0 saturated carbocycles. The number of piperidine rings is 1. The second-order valence-electron chi connectivity index (χ2n) is 4.13. The minimum Gasteiger partial charge on any atom is -0.349 e. The second-order valence-corrected chi connectivity index (χ2v) is 5.70. The van der Waals surface area contributed by atoms with Gasteiger partial charge in [0.05, 0.1) is 5.02 Å². The van der Waals surface area contributed by atoms with E-state index >= 15 is 0 Å². The second kappa shape index (κ2) is 6.02. The molecule has 1 heterocycles. The van der Waals surface area contributed by atoms with Crippen molar-refractivity contribution in [2.45, 2.75) is 18.9 Å². The number of nitrogens with one attached hydrogen (secondary N) is 2. The SMILES string of the molecule is O=C(NC1CCNCC1)c1ccc(Cl)c(I)c1. The fourth-order valence-electron chi connectivity index (χ4n) is 1.87. The first-order chi connectivity index (χ1) is 8.16. The van der Waals surface area contributed by atoms with Gasteiger partial charge in [-0.25, -0.2) is 0 Å². The van der Waals surface area contributed by atoms with E-state index in [0.717, 1.165) is 29.5 Å². The Morgan fingerprint density at radius 3 is 2.76 bits per heavy atom. The maximum Gasteiger partial charge on any atom is 0.251 e. The van der Waals surface area contributed by atoms with Crippen LogP contribution in [0.4, 0.5) is 0 Å². The van der Waals surface area contributed by atoms with E-state index in [0.29, 0.717) is 10.6 Å². The summed E-state index contributed by atoms with van der Waals surface area (Å²) in [6.45, 7) is 1.95. The third-order valence-corrected chi connectivity index (χ3v) is 4.40. The van der Waals surface area contributed by atoms with Gasteiger partial charge in [0.15, 0.2) is 0 Å². The van der Waals surface area contributed by atoms with Crippen molar-refractivity contribution in [1.82, 2.24) is 10.6 Å². The molecule has 1 aliphatic heterocycles. The fraction of sp³-hybridized carbons (Fsp3) is 0.417. The number of amides is 1. The first-order valence-electron chi connectivity index (χ1n) is 5.63. The van der Waals surface area contributed by atoms with E-state index in [-0.39, 0.29) is 11.9 Å². The van der Waals surface area contributed by atoms with Crippen LogP contribution >= 0.6 is 34.2 Å². The minimum atomic E-state index is -0.00789. The summed E-state index contributed by atoms with van der Waals surface area (Å²) in [7, 11) is 0. The number of benzene rings is 1. The molecule has 0 atom stereocenters. The van der Waals surface area contributed by atoms with Crippen molar-refractivity contribution in [2.24, 2.45) is 0 Å². The van der Waals surface area contributed by atoms with Gasteiger partial charge in [0.2, 0.25) is 0 Å². The molecule has 1 saturated heterocycles. The summed E-state index contributed by atoms with van der Waals surface area (Å²) in [5, 5.41) is 7.02. The largest absolute Gasteiger partial charge is 0.349 e. The van der Waals surface area contributed by atoms with Crippen LogP contribution in [0.2, 0.25) is 5.02 Å². The normalized spacial score (nSPS) is 16.8. The summed E-state index contributed by atoms with van der Waals surface area (Å²) in [5.74, 6) is -0.00789. The lowest BCUT2D eigenvalue weighted by Crippen LogP contribution is -2.42. The van der Waals surface area contributed by atoms with Crippen LogP contribution in [0, 0.1) is 3.57 Å². The number of carbonyl (C=O) groups excluding carboxylic acids is 1. The number of hydrogen-bond donors (Lipinski definition) is 2. The fourth-order valence-corrected chi connectivity index (χ4v) is 2.51. The molecule has 1 aliphatic rings. The van der Waals surface area contributed by atoms with E-state index in [1.807, 2.05) is 6.07 Å². The summed E-state index contributed by atoms with van der Waals surface area (Å²) in [5.41, 5.74) is 0.678. The molecule has 92 valence electrons. The summed E-state index contributed by atoms with van der Waals surface area (Å²) >= 11 is 8.06. The van der Waals surface area contributed by atoms with E-state index in [9.17, 15) is 4.79 Å². The standard InChI is InChI=1S/C12H14ClIN2O/c13-10-2-1-8(7-11(10)14)12(17)16-9-3-5-15-6-4-9/h1-2,7,9,15H,3-6H2,(H,16,17). The maximum absolute atomic E-state index is 12.0. The Balaban J connectivity index is 2.01. The molecule has 1 amide bonds. The van der Waals surface area contributed by atoms with Crippen LogP contribution in [-0.4, -0.2) is 25.0 Å². The van der Waals surface area contributed by atoms with Crippen LogP contribution in [0.1, 0.15) is 23.2 Å². The van der Waals surface area contributed by atoms with Crippen LogP contribution in [0.15, 0.2) is 18.2 Å². The lowest BCUT2D eigenvalue weighted by Gasteiger charge is -2.23. The molecule has 5 heteroatoms. The van der Waals surface area contributed by atoms with Crippen molar-refractivity contribution in [1.29, 1.82) is 0 Å². The smallest absolute Gasteiger partial charge is 0.251 e. The minimum absolute atomic E-state index is 0.00789. The monoisotopic (exact) mass is 364 g/mol. The van der Waals surface area contributed by atoms with E-state index in [1.165, 1.54) is 0 Å². The van der Waals surface area contributed by atoms with Gasteiger partial charge >= 0.3 is 0 Å². The number of hydrogen-bond acceptors (Lipinski definition) is 2. The zero-order valence-electron chi connectivity index (χ0n) is 9.30. The van der Waals surface area contributed by atoms with E-state index < -0.39 is 0 Å². The summed E-state index contributed by atoms with van der Waals surface area (Å²) in [6.07, 6.45) is 1.99. The van der Waals surface area contributed by atoms with E-state index in [2.05, 4.69) is 33.2 Å². The molecule has 17 heavy (non-hydrogen) atoms. The quantitative estimate of drug-likeness (QED) is 0.792. The molecule has 0 bridgehead atoms. The molecule has 2 rings (SSSR count). The Morgan fingerprint density at radius 2 is 2.12 bits per heavy atom. The van der Waals surface area contributed by atoms with Crippen molar-refractivity contribution in [2.75, 3.05) is 13.1 Å². The molecule has 0 spiro atoms. The Bertz CT molecular complexity index is 419. The van der Waals surface area contributed by atoms with Crippen LogP contribution in [0.5, 0.6) is 0 Å². The number of halogens is 2. The van der Waals surface area contributed by atoms with Crippen LogP contribution < -0.4 is 10.6 Å². The molecular weight excluding hydrogens is 351 g/mol. The first kappa shape index (κ1) is 13.1. The molecule has 1 aromatic carbocycles. The lowest BCUT2D eigenvalue weighted by molar-refractivity contribution is 0.0929. The molecule has 3 nitrogen and oxygen atoms in total. The van der Waals surface area contributed by atoms with Gasteiger partial charge in [0.1, 0.15) is 0 Å². The average molecular weight is 365 g/mol. The van der Waals surface area contributed by atoms with E-state index in [1.54, 1.807) is 12.1 Å². The van der Waals surface area contributed by atoms with Crippen molar-refractivity contribution >= 4 is 40.1 Å². The molecule has 0 aliphatic carbocycles. The van der Waals surface area contributed by atoms with Gasteiger partial charge in [-0.2, -0.15) is 0 Å². The highest BCUT2D eigenvalue weighted by molar-refractivity contribution is 14.1. The molecule has 0 unspecified atom stereocenters. The van der Waals surface area contributed by atoms with Gasteiger partial charge in [-0.1, -0.05) is 11.6 Å². The summed E-state index contributed by atoms with van der Waals surface area (Å²) < 4.78 is 0.905. The van der Waals surface area contributed by atoms with Crippen molar-refractivity contribution in [3.8, 4) is 0 Å². The van der Waals surface area contributed by atoms with Crippen molar-refractivity contribution < 1.29 is 4.79 Å². The van der Waals surface area contributed by atoms with Gasteiger partial charge in [-0.05, 0) is 66.7 Å². The van der Waals surface area contributed by atoms with Crippen LogP contribution in [-0.2, 0) is 0 Å². The van der Waals surface area contributed by atoms with E-state index in [4.69, 9.17) is 11.6 Å². The highest BCUT2D eigenvalue weighted by Gasteiger charge is 2.16. The number of carbonyl (C=O) groups is 1. The lowest BCUT2D eigenvalue weighted by atomic mass is 10.1. The average Bonchev–Trinajstić information content (AvgIpc) is 2.34. The Labute approximate surface area is 119 Å². The summed E-state index contributed by atoms with van der Waals surface area (Å²) in [6, 6.07) is 5.64. The van der Waals surface area contributed by atoms with Gasteiger partial charge < -0.3 is 10.6 Å². The highest BCUT2D eigenvalue weighted by atomic mass is 127. The first-order valence-corrected chi connectivity index (χ1v) is 7.09. The third-order valence-electron chi connectivity index (χ3n) is 2.86. The molecule has 2 N–H and O–H groups in total. The van der Waals surface area contributed by atoms with Gasteiger partial charge in [0, 0.05) is 15.2 Å².